The van der Waals surface area contributed by atoms with Crippen LogP contribution < -0.4 is 0 Å². The number of carbonyl (C=O) groups excluding carboxylic acids is 1. The van der Waals surface area contributed by atoms with Crippen LogP contribution >= 0.6 is 11.6 Å². The van der Waals surface area contributed by atoms with E-state index in [1.165, 1.54) is 18.2 Å². The predicted molar refractivity (Wildman–Crippen MR) is 63.5 cm³/mol. The minimum absolute atomic E-state index is 0.0182. The number of rotatable bonds is 2. The fourth-order valence-electron chi connectivity index (χ4n) is 1.92. The summed E-state index contributed by atoms with van der Waals surface area (Å²) in [6.07, 6.45) is 2.04. The Hall–Kier alpha value is -1.55. The Balaban J connectivity index is 2.25. The van der Waals surface area contributed by atoms with Gasteiger partial charge in [0.1, 0.15) is 0 Å². The summed E-state index contributed by atoms with van der Waals surface area (Å²) < 4.78 is 0. The van der Waals surface area contributed by atoms with Crippen LogP contribution in [0.25, 0.3) is 0 Å². The van der Waals surface area contributed by atoms with Gasteiger partial charge in [-0.25, -0.2) is 4.79 Å². The first-order valence-corrected chi connectivity index (χ1v) is 5.79. The summed E-state index contributed by atoms with van der Waals surface area (Å²) in [4.78, 5) is 24.5. The second-order valence-corrected chi connectivity index (χ2v) is 4.41. The van der Waals surface area contributed by atoms with Crippen molar-refractivity contribution in [1.82, 2.24) is 4.90 Å². The molecule has 2 rings (SSSR count). The molecular formula is C12H12ClNO3. The van der Waals surface area contributed by atoms with Crippen LogP contribution in [-0.2, 0) is 0 Å². The third kappa shape index (κ3) is 2.42. The van der Waals surface area contributed by atoms with Crippen LogP contribution in [-0.4, -0.2) is 35.0 Å². The van der Waals surface area contributed by atoms with Gasteiger partial charge in [-0.2, -0.15) is 0 Å². The van der Waals surface area contributed by atoms with Crippen LogP contribution in [0.5, 0.6) is 0 Å². The number of carboxylic acids is 1. The van der Waals surface area contributed by atoms with Crippen LogP contribution in [0.3, 0.4) is 0 Å². The Morgan fingerprint density at radius 1 is 1.24 bits per heavy atom. The average molecular weight is 254 g/mol. The van der Waals surface area contributed by atoms with E-state index in [0.29, 0.717) is 5.56 Å². The summed E-state index contributed by atoms with van der Waals surface area (Å²) in [7, 11) is 0. The molecule has 0 radical (unpaired) electrons. The molecule has 1 aliphatic rings. The molecule has 17 heavy (non-hydrogen) atoms. The molecule has 1 aromatic rings. The van der Waals surface area contributed by atoms with E-state index in [2.05, 4.69) is 0 Å². The van der Waals surface area contributed by atoms with E-state index in [1.54, 1.807) is 4.90 Å². The van der Waals surface area contributed by atoms with E-state index in [0.717, 1.165) is 25.9 Å². The zero-order chi connectivity index (χ0) is 12.4. The van der Waals surface area contributed by atoms with E-state index < -0.39 is 5.97 Å². The lowest BCUT2D eigenvalue weighted by Gasteiger charge is -2.15. The first kappa shape index (κ1) is 11.9. The molecule has 90 valence electrons. The van der Waals surface area contributed by atoms with Crippen molar-refractivity contribution in [3.05, 3.63) is 34.3 Å². The fraction of sp³-hybridized carbons (Fsp3) is 0.333. The number of likely N-dealkylation sites (tertiary alicyclic amines) is 1. The van der Waals surface area contributed by atoms with Crippen LogP contribution in [0, 0.1) is 0 Å². The van der Waals surface area contributed by atoms with Crippen molar-refractivity contribution < 1.29 is 14.7 Å². The van der Waals surface area contributed by atoms with Gasteiger partial charge in [0.15, 0.2) is 0 Å². The van der Waals surface area contributed by atoms with Crippen molar-refractivity contribution >= 4 is 23.5 Å². The smallest absolute Gasteiger partial charge is 0.337 e. The fourth-order valence-corrected chi connectivity index (χ4v) is 2.19. The van der Waals surface area contributed by atoms with Gasteiger partial charge in [-0.1, -0.05) is 11.6 Å². The highest BCUT2D eigenvalue weighted by Gasteiger charge is 2.20. The van der Waals surface area contributed by atoms with Gasteiger partial charge >= 0.3 is 5.97 Å². The van der Waals surface area contributed by atoms with Gasteiger partial charge in [0.2, 0.25) is 0 Å². The third-order valence-electron chi connectivity index (χ3n) is 2.84. The minimum atomic E-state index is -1.09. The molecule has 1 amide bonds. The number of carboxylic acid groups (broad SMARTS) is 1. The third-order valence-corrected chi connectivity index (χ3v) is 3.15. The summed E-state index contributed by atoms with van der Waals surface area (Å²) >= 11 is 5.82. The molecule has 1 aliphatic heterocycles. The molecule has 1 heterocycles. The second-order valence-electron chi connectivity index (χ2n) is 4.00. The molecule has 1 fully saturated rings. The Bertz CT molecular complexity index is 467. The van der Waals surface area contributed by atoms with Crippen LogP contribution in [0.1, 0.15) is 33.6 Å². The van der Waals surface area contributed by atoms with Crippen molar-refractivity contribution in [2.24, 2.45) is 0 Å². The maximum absolute atomic E-state index is 12.0. The molecule has 0 aromatic heterocycles. The first-order chi connectivity index (χ1) is 8.09. The van der Waals surface area contributed by atoms with Gasteiger partial charge in [0.25, 0.3) is 5.91 Å². The summed E-state index contributed by atoms with van der Waals surface area (Å²) in [5.41, 5.74) is 0.464. The van der Waals surface area contributed by atoms with Gasteiger partial charge in [0, 0.05) is 18.7 Å². The predicted octanol–water partition coefficient (Wildman–Crippen LogP) is 2.27. The van der Waals surface area contributed by atoms with Gasteiger partial charge in [0.05, 0.1) is 10.6 Å². The molecule has 0 atom stereocenters. The van der Waals surface area contributed by atoms with E-state index >= 15 is 0 Å². The van der Waals surface area contributed by atoms with Gasteiger partial charge in [-0.05, 0) is 31.0 Å². The maximum atomic E-state index is 12.0. The SMILES string of the molecule is O=C(O)c1ccc(C(=O)N2CCCC2)cc1Cl. The Morgan fingerprint density at radius 2 is 1.88 bits per heavy atom. The number of aromatic carboxylic acids is 1. The van der Waals surface area contributed by atoms with Gasteiger partial charge in [-0.3, -0.25) is 4.79 Å². The molecule has 1 aromatic carbocycles. The highest BCUT2D eigenvalue weighted by molar-refractivity contribution is 6.33. The topological polar surface area (TPSA) is 57.6 Å². The number of amides is 1. The van der Waals surface area contributed by atoms with E-state index in [-0.39, 0.29) is 16.5 Å². The normalized spacial score (nSPS) is 15.0. The standard InChI is InChI=1S/C12H12ClNO3/c13-10-7-8(3-4-9(10)12(16)17)11(15)14-5-1-2-6-14/h3-4,7H,1-2,5-6H2,(H,16,17). The van der Waals surface area contributed by atoms with Crippen molar-refractivity contribution in [2.75, 3.05) is 13.1 Å². The summed E-state index contributed by atoms with van der Waals surface area (Å²) in [6.45, 7) is 1.52. The Labute approximate surface area is 104 Å². The highest BCUT2D eigenvalue weighted by Crippen LogP contribution is 2.20. The van der Waals surface area contributed by atoms with Crippen LogP contribution in [0.15, 0.2) is 18.2 Å². The van der Waals surface area contributed by atoms with E-state index in [1.807, 2.05) is 0 Å². The Morgan fingerprint density at radius 3 is 2.41 bits per heavy atom. The average Bonchev–Trinajstić information content (AvgIpc) is 2.80. The first-order valence-electron chi connectivity index (χ1n) is 5.41. The largest absolute Gasteiger partial charge is 0.478 e. The number of benzene rings is 1. The molecule has 1 N–H and O–H groups in total. The van der Waals surface area contributed by atoms with Crippen molar-refractivity contribution in [3.63, 3.8) is 0 Å². The monoisotopic (exact) mass is 253 g/mol. The van der Waals surface area contributed by atoms with Crippen molar-refractivity contribution in [2.45, 2.75) is 12.8 Å². The lowest BCUT2D eigenvalue weighted by atomic mass is 10.1. The number of hydrogen-bond donors (Lipinski definition) is 1. The number of nitrogens with zero attached hydrogens (tertiary/aromatic N) is 1. The summed E-state index contributed by atoms with van der Waals surface area (Å²) in [5.74, 6) is -1.17. The molecular weight excluding hydrogens is 242 g/mol. The quantitative estimate of drug-likeness (QED) is 0.880. The zero-order valence-electron chi connectivity index (χ0n) is 9.15. The maximum Gasteiger partial charge on any atom is 0.337 e. The van der Waals surface area contributed by atoms with E-state index in [4.69, 9.17) is 16.7 Å². The van der Waals surface area contributed by atoms with Crippen molar-refractivity contribution in [3.8, 4) is 0 Å². The molecule has 4 nitrogen and oxygen atoms in total. The molecule has 0 spiro atoms. The minimum Gasteiger partial charge on any atom is -0.478 e. The van der Waals surface area contributed by atoms with Gasteiger partial charge in [-0.15, -0.1) is 0 Å². The van der Waals surface area contributed by atoms with E-state index in [9.17, 15) is 9.59 Å². The second kappa shape index (κ2) is 4.75. The van der Waals surface area contributed by atoms with Gasteiger partial charge < -0.3 is 10.0 Å². The van der Waals surface area contributed by atoms with Crippen LogP contribution in [0.2, 0.25) is 5.02 Å². The lowest BCUT2D eigenvalue weighted by molar-refractivity contribution is 0.0695. The molecule has 5 heteroatoms. The number of carbonyl (C=O) groups is 2. The Kier molecular flexibility index (Phi) is 3.33. The zero-order valence-corrected chi connectivity index (χ0v) is 9.91. The summed E-state index contributed by atoms with van der Waals surface area (Å²) in [5, 5.41) is 8.93. The van der Waals surface area contributed by atoms with Crippen molar-refractivity contribution in [1.29, 1.82) is 0 Å². The van der Waals surface area contributed by atoms with Crippen LogP contribution in [0.4, 0.5) is 0 Å². The lowest BCUT2D eigenvalue weighted by Crippen LogP contribution is -2.27. The highest BCUT2D eigenvalue weighted by atomic mass is 35.5. The molecule has 1 saturated heterocycles. The number of halogens is 1. The molecule has 0 aliphatic carbocycles. The molecule has 0 bridgehead atoms. The summed E-state index contributed by atoms with van der Waals surface area (Å²) in [6, 6.07) is 4.30. The molecule has 0 unspecified atom stereocenters. The number of hydrogen-bond acceptors (Lipinski definition) is 2. The molecule has 0 saturated carbocycles.